The summed E-state index contributed by atoms with van der Waals surface area (Å²) in [5.74, 6) is 0.124. The molecule has 0 radical (unpaired) electrons. The highest BCUT2D eigenvalue weighted by molar-refractivity contribution is 6.03. The normalized spacial score (nSPS) is 17.0. The molecule has 12 heteroatoms. The molecule has 1 aliphatic carbocycles. The van der Waals surface area contributed by atoms with Crippen molar-refractivity contribution in [3.8, 4) is 22.8 Å². The molecule has 0 bridgehead atoms. The van der Waals surface area contributed by atoms with Gasteiger partial charge in [-0.2, -0.15) is 10.2 Å². The monoisotopic (exact) mass is 510 g/mol. The molecule has 2 aromatic heterocycles. The van der Waals surface area contributed by atoms with Gasteiger partial charge in [0.15, 0.2) is 12.1 Å². The summed E-state index contributed by atoms with van der Waals surface area (Å²) in [5, 5.41) is 27.2. The molecule has 4 N–H and O–H groups in total. The molecule has 1 fully saturated rings. The lowest BCUT2D eigenvalue weighted by atomic mass is 10.0. The van der Waals surface area contributed by atoms with Gasteiger partial charge < -0.3 is 25.2 Å². The predicted molar refractivity (Wildman–Crippen MR) is 134 cm³/mol. The van der Waals surface area contributed by atoms with Crippen molar-refractivity contribution in [2.75, 3.05) is 12.4 Å². The van der Waals surface area contributed by atoms with Crippen LogP contribution < -0.4 is 15.4 Å². The van der Waals surface area contributed by atoms with Crippen LogP contribution in [0.3, 0.4) is 0 Å². The Bertz CT molecular complexity index is 1310. The molecule has 4 rings (SSSR count). The van der Waals surface area contributed by atoms with E-state index in [0.717, 1.165) is 18.5 Å². The number of nitrogens with one attached hydrogen (secondary N) is 3. The highest BCUT2D eigenvalue weighted by atomic mass is 16.6. The fraction of sp³-hybridized carbons (Fsp3) is 0.400. The zero-order valence-electron chi connectivity index (χ0n) is 21.1. The summed E-state index contributed by atoms with van der Waals surface area (Å²) in [6, 6.07) is 6.19. The number of methoxy groups -OCH3 is 1. The number of aryl methyl sites for hydroxylation is 1. The van der Waals surface area contributed by atoms with Crippen LogP contribution in [0.15, 0.2) is 24.3 Å². The molecule has 12 nitrogen and oxygen atoms in total. The molecule has 2 amide bonds. The van der Waals surface area contributed by atoms with E-state index in [1.165, 1.54) is 23.9 Å². The molecule has 1 saturated carbocycles. The zero-order valence-corrected chi connectivity index (χ0v) is 21.1. The second kappa shape index (κ2) is 10.7. The van der Waals surface area contributed by atoms with Gasteiger partial charge in [-0.3, -0.25) is 19.4 Å². The van der Waals surface area contributed by atoms with Gasteiger partial charge in [-0.05, 0) is 45.2 Å². The number of aromatic hydroxyl groups is 1. The van der Waals surface area contributed by atoms with E-state index in [1.807, 2.05) is 13.8 Å². The number of aromatic amines is 1. The second-order valence-corrected chi connectivity index (χ2v) is 9.26. The highest BCUT2D eigenvalue weighted by Gasteiger charge is 2.30. The van der Waals surface area contributed by atoms with E-state index in [-0.39, 0.29) is 35.1 Å². The van der Waals surface area contributed by atoms with Gasteiger partial charge in [0.1, 0.15) is 23.3 Å². The number of carbonyl (C=O) groups excluding carboxylic acids is 3. The molecule has 0 spiro atoms. The Balaban J connectivity index is 1.44. The van der Waals surface area contributed by atoms with E-state index in [9.17, 15) is 19.5 Å². The van der Waals surface area contributed by atoms with Gasteiger partial charge in [0.25, 0.3) is 5.91 Å². The molecule has 37 heavy (non-hydrogen) atoms. The van der Waals surface area contributed by atoms with Crippen LogP contribution in [0.25, 0.3) is 11.3 Å². The van der Waals surface area contributed by atoms with Crippen LogP contribution in [0.4, 0.5) is 10.6 Å². The van der Waals surface area contributed by atoms with E-state index in [4.69, 9.17) is 9.47 Å². The maximum atomic E-state index is 13.0. The third-order valence-electron chi connectivity index (χ3n) is 6.22. The Morgan fingerprint density at radius 1 is 1.24 bits per heavy atom. The first-order chi connectivity index (χ1) is 17.7. The summed E-state index contributed by atoms with van der Waals surface area (Å²) < 4.78 is 12.0. The number of alkyl carbamates (subject to hydrolysis) is 1. The quantitative estimate of drug-likeness (QED) is 0.336. The third-order valence-corrected chi connectivity index (χ3v) is 6.22. The van der Waals surface area contributed by atoms with Crippen molar-refractivity contribution < 1.29 is 29.0 Å². The van der Waals surface area contributed by atoms with Gasteiger partial charge in [0.05, 0.1) is 18.4 Å². The Labute approximate surface area is 213 Å². The number of rotatable bonds is 8. The molecule has 0 saturated heterocycles. The molecule has 1 aromatic carbocycles. The molecule has 0 unspecified atom stereocenters. The number of phenolic OH excluding ortho intramolecular Hbond substituents is 1. The van der Waals surface area contributed by atoms with E-state index in [2.05, 4.69) is 25.9 Å². The number of hydrogen-bond acceptors (Lipinski definition) is 8. The molecule has 2 atom stereocenters. The van der Waals surface area contributed by atoms with E-state index in [0.29, 0.717) is 35.5 Å². The Hall–Kier alpha value is -4.35. The molecule has 196 valence electrons. The van der Waals surface area contributed by atoms with E-state index < -0.39 is 12.0 Å². The summed E-state index contributed by atoms with van der Waals surface area (Å²) in [6.45, 7) is 3.75. The summed E-state index contributed by atoms with van der Waals surface area (Å²) in [4.78, 5) is 36.4. The number of phenols is 1. The van der Waals surface area contributed by atoms with Gasteiger partial charge in [-0.15, -0.1) is 0 Å². The Morgan fingerprint density at radius 2 is 2.03 bits per heavy atom. The SMILES string of the molecule is COc1cc(O)c(C=O)c(-c2cc(C(=O)Nc3cc([C@H]4CC[C@@H](OC(=O)NC(C)C)C4)[nH]n3)n(C)n2)c1. The summed E-state index contributed by atoms with van der Waals surface area (Å²) in [6.07, 6.45) is 2.17. The van der Waals surface area contributed by atoms with Crippen LogP contribution in [0.2, 0.25) is 0 Å². The minimum Gasteiger partial charge on any atom is -0.507 e. The standard InChI is InChI=1S/C25H30N6O6/c1-13(2)26-25(35)37-15-6-5-14(7-15)19-11-23(29-28-19)27-24(34)21-10-20(30-31(21)3)17-8-16(36-4)9-22(33)18(17)12-32/h8-15,33H,5-7H2,1-4H3,(H,26,35)(H2,27,28,29,34)/t14-,15+/m0/s1. The fourth-order valence-electron chi connectivity index (χ4n) is 4.42. The number of H-pyrrole nitrogens is 1. The zero-order chi connectivity index (χ0) is 26.7. The first kappa shape index (κ1) is 25.7. The van der Waals surface area contributed by atoms with Crippen molar-refractivity contribution in [2.45, 2.75) is 51.2 Å². The van der Waals surface area contributed by atoms with Crippen molar-refractivity contribution in [3.63, 3.8) is 0 Å². The van der Waals surface area contributed by atoms with E-state index >= 15 is 0 Å². The predicted octanol–water partition coefficient (Wildman–Crippen LogP) is 3.36. The number of aromatic nitrogens is 4. The van der Waals surface area contributed by atoms with Crippen LogP contribution in [-0.2, 0) is 11.8 Å². The van der Waals surface area contributed by atoms with Crippen LogP contribution in [0.5, 0.6) is 11.5 Å². The van der Waals surface area contributed by atoms with Gasteiger partial charge in [0.2, 0.25) is 0 Å². The average molecular weight is 511 g/mol. The lowest BCUT2D eigenvalue weighted by Crippen LogP contribution is -2.33. The summed E-state index contributed by atoms with van der Waals surface area (Å²) in [5.41, 5.74) is 1.78. The summed E-state index contributed by atoms with van der Waals surface area (Å²) in [7, 11) is 3.04. The first-order valence-electron chi connectivity index (χ1n) is 11.9. The number of aldehydes is 1. The minimum absolute atomic E-state index is 0.00808. The molecule has 1 aliphatic rings. The average Bonchev–Trinajstić information content (AvgIpc) is 3.58. The topological polar surface area (TPSA) is 160 Å². The minimum atomic E-state index is -0.447. The third kappa shape index (κ3) is 5.74. The number of ether oxygens (including phenoxy) is 2. The largest absolute Gasteiger partial charge is 0.507 e. The van der Waals surface area contributed by atoms with Crippen molar-refractivity contribution >= 4 is 24.1 Å². The number of benzene rings is 1. The van der Waals surface area contributed by atoms with Crippen molar-refractivity contribution in [1.82, 2.24) is 25.3 Å². The van der Waals surface area contributed by atoms with Gasteiger partial charge in [-0.1, -0.05) is 0 Å². The molecular formula is C25H30N6O6. The second-order valence-electron chi connectivity index (χ2n) is 9.26. The summed E-state index contributed by atoms with van der Waals surface area (Å²) >= 11 is 0. The molecule has 3 aromatic rings. The molecular weight excluding hydrogens is 480 g/mol. The van der Waals surface area contributed by atoms with Crippen molar-refractivity contribution in [1.29, 1.82) is 0 Å². The van der Waals surface area contributed by atoms with Gasteiger partial charge in [-0.25, -0.2) is 4.79 Å². The number of anilines is 1. The molecule has 2 heterocycles. The smallest absolute Gasteiger partial charge is 0.407 e. The fourth-order valence-corrected chi connectivity index (χ4v) is 4.42. The first-order valence-corrected chi connectivity index (χ1v) is 11.9. The van der Waals surface area contributed by atoms with Crippen LogP contribution in [0.1, 0.15) is 65.6 Å². The Morgan fingerprint density at radius 3 is 2.73 bits per heavy atom. The van der Waals surface area contributed by atoms with Crippen LogP contribution in [0, 0.1) is 0 Å². The van der Waals surface area contributed by atoms with Crippen LogP contribution in [-0.4, -0.2) is 62.6 Å². The number of nitrogens with zero attached hydrogens (tertiary/aromatic N) is 3. The number of carbonyl (C=O) groups is 3. The lowest BCUT2D eigenvalue weighted by molar-refractivity contribution is 0.0979. The Kier molecular flexibility index (Phi) is 7.46. The number of amides is 2. The maximum Gasteiger partial charge on any atom is 0.407 e. The highest BCUT2D eigenvalue weighted by Crippen LogP contribution is 2.36. The lowest BCUT2D eigenvalue weighted by Gasteiger charge is -2.14. The maximum absolute atomic E-state index is 13.0. The van der Waals surface area contributed by atoms with Crippen molar-refractivity contribution in [2.24, 2.45) is 7.05 Å². The van der Waals surface area contributed by atoms with E-state index in [1.54, 1.807) is 19.2 Å². The molecule has 0 aliphatic heterocycles. The van der Waals surface area contributed by atoms with Crippen molar-refractivity contribution in [3.05, 3.63) is 41.2 Å². The van der Waals surface area contributed by atoms with Gasteiger partial charge in [0, 0.05) is 42.4 Å². The number of hydrogen-bond donors (Lipinski definition) is 4. The van der Waals surface area contributed by atoms with Gasteiger partial charge >= 0.3 is 6.09 Å². The van der Waals surface area contributed by atoms with Crippen LogP contribution >= 0.6 is 0 Å².